The zero-order valence-electron chi connectivity index (χ0n) is 8.29. The molecule has 2 rings (SSSR count). The van der Waals surface area contributed by atoms with E-state index >= 15 is 0 Å². The largest absolute Gasteiger partial charge is 0.486 e. The SMILES string of the molecule is CC(C#N)c1cc(Br)c2c(c1)OCCO2. The number of fused-ring (bicyclic) bond motifs is 1. The third-order valence-corrected chi connectivity index (χ3v) is 2.90. The van der Waals surface area contributed by atoms with Gasteiger partial charge in [0.05, 0.1) is 16.5 Å². The van der Waals surface area contributed by atoms with Gasteiger partial charge in [-0.3, -0.25) is 0 Å². The van der Waals surface area contributed by atoms with Gasteiger partial charge in [-0.05, 0) is 40.5 Å². The number of benzene rings is 1. The van der Waals surface area contributed by atoms with Gasteiger partial charge in [-0.2, -0.15) is 5.26 Å². The number of nitrogens with zero attached hydrogens (tertiary/aromatic N) is 1. The molecule has 1 unspecified atom stereocenters. The highest BCUT2D eigenvalue weighted by molar-refractivity contribution is 9.10. The van der Waals surface area contributed by atoms with E-state index in [0.717, 1.165) is 15.8 Å². The van der Waals surface area contributed by atoms with Gasteiger partial charge < -0.3 is 9.47 Å². The summed E-state index contributed by atoms with van der Waals surface area (Å²) in [6, 6.07) is 5.97. The molecule has 1 atom stereocenters. The standard InChI is InChI=1S/C11H10BrNO2/c1-7(6-13)8-4-9(12)11-10(5-8)14-2-3-15-11/h4-5,7H,2-3H2,1H3. The minimum atomic E-state index is -0.142. The summed E-state index contributed by atoms with van der Waals surface area (Å²) in [5, 5.41) is 8.85. The number of hydrogen-bond donors (Lipinski definition) is 0. The highest BCUT2D eigenvalue weighted by Gasteiger charge is 2.18. The minimum Gasteiger partial charge on any atom is -0.486 e. The second-order valence-electron chi connectivity index (χ2n) is 3.38. The van der Waals surface area contributed by atoms with E-state index in [9.17, 15) is 0 Å². The van der Waals surface area contributed by atoms with Crippen LogP contribution in [0.4, 0.5) is 0 Å². The Bertz CT molecular complexity index is 425. The molecule has 0 amide bonds. The van der Waals surface area contributed by atoms with Gasteiger partial charge in [-0.15, -0.1) is 0 Å². The van der Waals surface area contributed by atoms with Crippen molar-refractivity contribution in [3.05, 3.63) is 22.2 Å². The van der Waals surface area contributed by atoms with Crippen LogP contribution < -0.4 is 9.47 Å². The maximum atomic E-state index is 8.85. The molecule has 0 radical (unpaired) electrons. The van der Waals surface area contributed by atoms with E-state index in [1.165, 1.54) is 0 Å². The molecule has 0 aromatic heterocycles. The van der Waals surface area contributed by atoms with Crippen molar-refractivity contribution in [2.24, 2.45) is 0 Å². The summed E-state index contributed by atoms with van der Waals surface area (Å²) in [5.74, 6) is 1.31. The van der Waals surface area contributed by atoms with E-state index in [1.54, 1.807) is 0 Å². The molecule has 78 valence electrons. The van der Waals surface area contributed by atoms with Crippen molar-refractivity contribution >= 4 is 15.9 Å². The third-order valence-electron chi connectivity index (χ3n) is 2.31. The Hall–Kier alpha value is -1.21. The molecular formula is C11H10BrNO2. The zero-order valence-corrected chi connectivity index (χ0v) is 9.87. The van der Waals surface area contributed by atoms with Gasteiger partial charge in [-0.25, -0.2) is 0 Å². The molecule has 0 saturated heterocycles. The second-order valence-corrected chi connectivity index (χ2v) is 4.23. The van der Waals surface area contributed by atoms with Crippen LogP contribution in [0.2, 0.25) is 0 Å². The summed E-state index contributed by atoms with van der Waals surface area (Å²) >= 11 is 3.42. The average molecular weight is 268 g/mol. The molecule has 0 N–H and O–H groups in total. The lowest BCUT2D eigenvalue weighted by Crippen LogP contribution is -2.16. The first-order chi connectivity index (χ1) is 7.22. The lowest BCUT2D eigenvalue weighted by molar-refractivity contribution is 0.170. The highest BCUT2D eigenvalue weighted by Crippen LogP contribution is 2.39. The Morgan fingerprint density at radius 3 is 2.87 bits per heavy atom. The van der Waals surface area contributed by atoms with E-state index < -0.39 is 0 Å². The number of ether oxygens (including phenoxy) is 2. The third kappa shape index (κ3) is 1.93. The highest BCUT2D eigenvalue weighted by atomic mass is 79.9. The van der Waals surface area contributed by atoms with Crippen molar-refractivity contribution in [3.63, 3.8) is 0 Å². The minimum absolute atomic E-state index is 0.142. The fourth-order valence-corrected chi connectivity index (χ4v) is 2.03. The molecule has 0 spiro atoms. The average Bonchev–Trinajstić information content (AvgIpc) is 2.28. The maximum Gasteiger partial charge on any atom is 0.175 e. The summed E-state index contributed by atoms with van der Waals surface area (Å²) in [4.78, 5) is 0. The molecule has 0 fully saturated rings. The van der Waals surface area contributed by atoms with E-state index in [1.807, 2.05) is 19.1 Å². The molecule has 1 aromatic rings. The molecule has 0 bridgehead atoms. The van der Waals surface area contributed by atoms with Gasteiger partial charge in [-0.1, -0.05) is 0 Å². The predicted molar refractivity (Wildman–Crippen MR) is 59.2 cm³/mol. The van der Waals surface area contributed by atoms with Crippen LogP contribution in [0.1, 0.15) is 18.4 Å². The summed E-state index contributed by atoms with van der Waals surface area (Å²) in [6.45, 7) is 2.99. The first-order valence-corrected chi connectivity index (χ1v) is 5.50. The first-order valence-electron chi connectivity index (χ1n) is 4.71. The van der Waals surface area contributed by atoms with Gasteiger partial charge in [0.25, 0.3) is 0 Å². The molecule has 0 aliphatic carbocycles. The zero-order chi connectivity index (χ0) is 10.8. The Balaban J connectivity index is 2.46. The van der Waals surface area contributed by atoms with Crippen LogP contribution in [0.3, 0.4) is 0 Å². The molecule has 1 aromatic carbocycles. The van der Waals surface area contributed by atoms with Crippen LogP contribution >= 0.6 is 15.9 Å². The Morgan fingerprint density at radius 2 is 2.13 bits per heavy atom. The Morgan fingerprint density at radius 1 is 1.40 bits per heavy atom. The van der Waals surface area contributed by atoms with Crippen molar-refractivity contribution in [3.8, 4) is 17.6 Å². The van der Waals surface area contributed by atoms with Gasteiger partial charge in [0, 0.05) is 0 Å². The van der Waals surface area contributed by atoms with Crippen molar-refractivity contribution in [2.75, 3.05) is 13.2 Å². The smallest absolute Gasteiger partial charge is 0.175 e. The number of hydrogen-bond acceptors (Lipinski definition) is 3. The number of nitriles is 1. The number of rotatable bonds is 1. The van der Waals surface area contributed by atoms with Gasteiger partial charge in [0.15, 0.2) is 11.5 Å². The first kappa shape index (κ1) is 10.3. The summed E-state index contributed by atoms with van der Waals surface area (Å²) in [5.41, 5.74) is 0.939. The molecule has 1 aliphatic rings. The van der Waals surface area contributed by atoms with Gasteiger partial charge in [0.2, 0.25) is 0 Å². The molecule has 4 heteroatoms. The summed E-state index contributed by atoms with van der Waals surface area (Å²) in [7, 11) is 0. The summed E-state index contributed by atoms with van der Waals surface area (Å²) in [6.07, 6.45) is 0. The van der Waals surface area contributed by atoms with Crippen LogP contribution in [-0.4, -0.2) is 13.2 Å². The Kier molecular flexibility index (Phi) is 2.83. The molecule has 3 nitrogen and oxygen atoms in total. The quantitative estimate of drug-likeness (QED) is 0.786. The molecular weight excluding hydrogens is 258 g/mol. The van der Waals surface area contributed by atoms with Crippen LogP contribution in [0.15, 0.2) is 16.6 Å². The van der Waals surface area contributed by atoms with E-state index in [4.69, 9.17) is 14.7 Å². The lowest BCUT2D eigenvalue weighted by Gasteiger charge is -2.20. The van der Waals surface area contributed by atoms with E-state index in [2.05, 4.69) is 22.0 Å². The van der Waals surface area contributed by atoms with Crippen molar-refractivity contribution in [1.29, 1.82) is 5.26 Å². The van der Waals surface area contributed by atoms with Gasteiger partial charge in [0.1, 0.15) is 13.2 Å². The van der Waals surface area contributed by atoms with Crippen LogP contribution in [0, 0.1) is 11.3 Å². The number of halogens is 1. The topological polar surface area (TPSA) is 42.2 Å². The van der Waals surface area contributed by atoms with Crippen LogP contribution in [0.5, 0.6) is 11.5 Å². The lowest BCUT2D eigenvalue weighted by atomic mass is 10.0. The van der Waals surface area contributed by atoms with Crippen molar-refractivity contribution in [2.45, 2.75) is 12.8 Å². The predicted octanol–water partition coefficient (Wildman–Crippen LogP) is 2.85. The fourth-order valence-electron chi connectivity index (χ4n) is 1.46. The Labute approximate surface area is 96.7 Å². The van der Waals surface area contributed by atoms with Crippen LogP contribution in [0.25, 0.3) is 0 Å². The van der Waals surface area contributed by atoms with Crippen LogP contribution in [-0.2, 0) is 0 Å². The van der Waals surface area contributed by atoms with E-state index in [0.29, 0.717) is 19.0 Å². The fraction of sp³-hybridized carbons (Fsp3) is 0.364. The molecule has 1 aliphatic heterocycles. The van der Waals surface area contributed by atoms with E-state index in [-0.39, 0.29) is 5.92 Å². The molecule has 1 heterocycles. The molecule has 0 saturated carbocycles. The molecule has 15 heavy (non-hydrogen) atoms. The monoisotopic (exact) mass is 267 g/mol. The van der Waals surface area contributed by atoms with Gasteiger partial charge >= 0.3 is 0 Å². The maximum absolute atomic E-state index is 8.85. The second kappa shape index (κ2) is 4.11. The normalized spacial score (nSPS) is 15.5. The summed E-state index contributed by atoms with van der Waals surface area (Å²) < 4.78 is 11.8. The van der Waals surface area contributed by atoms with Crippen molar-refractivity contribution in [1.82, 2.24) is 0 Å². The van der Waals surface area contributed by atoms with Crippen molar-refractivity contribution < 1.29 is 9.47 Å².